The molecule has 16 heavy (non-hydrogen) atoms. The van der Waals surface area contributed by atoms with Crippen molar-refractivity contribution in [1.29, 1.82) is 0 Å². The maximum absolute atomic E-state index is 11.3. The predicted molar refractivity (Wildman–Crippen MR) is 64.9 cm³/mol. The lowest BCUT2D eigenvalue weighted by Gasteiger charge is -2.09. The van der Waals surface area contributed by atoms with Crippen molar-refractivity contribution in [2.75, 3.05) is 11.9 Å². The molecule has 0 fully saturated rings. The molecule has 0 radical (unpaired) electrons. The van der Waals surface area contributed by atoms with Crippen LogP contribution in [0.1, 0.15) is 12.5 Å². The van der Waals surface area contributed by atoms with Gasteiger partial charge in [-0.25, -0.2) is 4.79 Å². The van der Waals surface area contributed by atoms with E-state index in [1.165, 1.54) is 0 Å². The number of nitrogens with one attached hydrogen (secondary N) is 2. The molecule has 0 heterocycles. The number of hydrogen-bond donors (Lipinski definition) is 3. The van der Waals surface area contributed by atoms with E-state index >= 15 is 0 Å². The molecule has 5 heteroatoms. The first kappa shape index (κ1) is 12.8. The fourth-order valence-corrected chi connectivity index (χ4v) is 1.27. The topological polar surface area (TPSA) is 61.4 Å². The van der Waals surface area contributed by atoms with Crippen LogP contribution in [0.5, 0.6) is 0 Å². The Hall–Kier alpha value is -1.26. The van der Waals surface area contributed by atoms with Gasteiger partial charge in [0.25, 0.3) is 0 Å². The van der Waals surface area contributed by atoms with Gasteiger partial charge in [0, 0.05) is 17.3 Å². The number of aliphatic hydroxyl groups excluding tert-OH is 1. The molecular formula is C11H15ClN2O2. The summed E-state index contributed by atoms with van der Waals surface area (Å²) in [6, 6.07) is 4.91. The van der Waals surface area contributed by atoms with Crippen LogP contribution in [0, 0.1) is 6.92 Å². The van der Waals surface area contributed by atoms with Crippen LogP contribution in [0.2, 0.25) is 5.02 Å². The predicted octanol–water partition coefficient (Wildman–Crippen LogP) is 2.15. The smallest absolute Gasteiger partial charge is 0.319 e. The van der Waals surface area contributed by atoms with Crippen LogP contribution in [0.25, 0.3) is 0 Å². The molecule has 1 atom stereocenters. The van der Waals surface area contributed by atoms with Crippen LogP contribution >= 0.6 is 11.6 Å². The number of benzene rings is 1. The molecule has 0 saturated heterocycles. The number of carbonyl (C=O) groups is 1. The molecule has 0 aromatic heterocycles. The van der Waals surface area contributed by atoms with E-state index < -0.39 is 6.10 Å². The molecule has 1 rings (SSSR count). The summed E-state index contributed by atoms with van der Waals surface area (Å²) in [5, 5.41) is 14.7. The average Bonchev–Trinajstić information content (AvgIpc) is 2.21. The summed E-state index contributed by atoms with van der Waals surface area (Å²) in [6.07, 6.45) is -0.563. The summed E-state index contributed by atoms with van der Waals surface area (Å²) in [5.41, 5.74) is 1.58. The summed E-state index contributed by atoms with van der Waals surface area (Å²) in [5.74, 6) is 0. The van der Waals surface area contributed by atoms with Crippen molar-refractivity contribution in [3.05, 3.63) is 28.8 Å². The largest absolute Gasteiger partial charge is 0.392 e. The highest BCUT2D eigenvalue weighted by molar-refractivity contribution is 6.31. The highest BCUT2D eigenvalue weighted by Gasteiger charge is 2.04. The first-order valence-electron chi connectivity index (χ1n) is 4.98. The van der Waals surface area contributed by atoms with Gasteiger partial charge >= 0.3 is 6.03 Å². The van der Waals surface area contributed by atoms with Gasteiger partial charge in [0.1, 0.15) is 0 Å². The molecule has 4 nitrogen and oxygen atoms in total. The third-order valence-corrected chi connectivity index (χ3v) is 2.39. The number of aryl methyl sites for hydroxylation is 1. The zero-order valence-corrected chi connectivity index (χ0v) is 10.0. The number of aliphatic hydroxyl groups is 1. The van der Waals surface area contributed by atoms with E-state index in [0.29, 0.717) is 10.7 Å². The molecule has 2 amide bonds. The standard InChI is InChI=1S/C11H15ClN2O2/c1-7-3-4-9(5-10(7)12)14-11(16)13-6-8(2)15/h3-5,8,15H,6H2,1-2H3,(H2,13,14,16)/t8-/m1/s1. The van der Waals surface area contributed by atoms with Crippen LogP contribution in [-0.4, -0.2) is 23.8 Å². The van der Waals surface area contributed by atoms with Crippen LogP contribution in [0.3, 0.4) is 0 Å². The quantitative estimate of drug-likeness (QED) is 0.761. The van der Waals surface area contributed by atoms with Gasteiger partial charge in [0.05, 0.1) is 6.10 Å². The molecule has 0 aliphatic rings. The summed E-state index contributed by atoms with van der Waals surface area (Å²) in [6.45, 7) is 3.70. The van der Waals surface area contributed by atoms with E-state index in [4.69, 9.17) is 16.7 Å². The minimum absolute atomic E-state index is 0.214. The number of halogens is 1. The van der Waals surface area contributed by atoms with E-state index in [1.807, 2.05) is 13.0 Å². The van der Waals surface area contributed by atoms with Crippen LogP contribution in [-0.2, 0) is 0 Å². The van der Waals surface area contributed by atoms with Crippen molar-refractivity contribution in [1.82, 2.24) is 5.32 Å². The Bertz CT molecular complexity index is 380. The minimum atomic E-state index is -0.563. The number of rotatable bonds is 3. The zero-order chi connectivity index (χ0) is 12.1. The van der Waals surface area contributed by atoms with Crippen molar-refractivity contribution < 1.29 is 9.90 Å². The van der Waals surface area contributed by atoms with Crippen molar-refractivity contribution in [2.24, 2.45) is 0 Å². The Kier molecular flexibility index (Phi) is 4.58. The second-order valence-electron chi connectivity index (χ2n) is 3.65. The molecule has 0 unspecified atom stereocenters. The van der Waals surface area contributed by atoms with Crippen molar-refractivity contribution in [2.45, 2.75) is 20.0 Å². The molecule has 1 aromatic carbocycles. The van der Waals surface area contributed by atoms with Gasteiger partial charge in [-0.15, -0.1) is 0 Å². The molecule has 88 valence electrons. The summed E-state index contributed by atoms with van der Waals surface area (Å²) in [4.78, 5) is 11.3. The summed E-state index contributed by atoms with van der Waals surface area (Å²) in [7, 11) is 0. The fraction of sp³-hybridized carbons (Fsp3) is 0.364. The molecular weight excluding hydrogens is 228 g/mol. The number of carbonyl (C=O) groups excluding carboxylic acids is 1. The number of amides is 2. The molecule has 3 N–H and O–H groups in total. The van der Waals surface area contributed by atoms with E-state index in [-0.39, 0.29) is 12.6 Å². The van der Waals surface area contributed by atoms with Crippen LogP contribution in [0.15, 0.2) is 18.2 Å². The number of anilines is 1. The van der Waals surface area contributed by atoms with E-state index in [0.717, 1.165) is 5.56 Å². The van der Waals surface area contributed by atoms with E-state index in [9.17, 15) is 4.79 Å². The fourth-order valence-electron chi connectivity index (χ4n) is 1.09. The molecule has 0 bridgehead atoms. The van der Waals surface area contributed by atoms with Crippen LogP contribution < -0.4 is 10.6 Å². The molecule has 0 aliphatic carbocycles. The Morgan fingerprint density at radius 3 is 2.81 bits per heavy atom. The number of urea groups is 1. The molecule has 0 spiro atoms. The van der Waals surface area contributed by atoms with Crippen LogP contribution in [0.4, 0.5) is 10.5 Å². The third kappa shape index (κ3) is 4.08. The van der Waals surface area contributed by atoms with Gasteiger partial charge in [-0.1, -0.05) is 17.7 Å². The first-order chi connectivity index (χ1) is 7.49. The van der Waals surface area contributed by atoms with Gasteiger partial charge in [-0.2, -0.15) is 0 Å². The Balaban J connectivity index is 2.53. The summed E-state index contributed by atoms with van der Waals surface area (Å²) < 4.78 is 0. The molecule has 0 aliphatic heterocycles. The lowest BCUT2D eigenvalue weighted by molar-refractivity contribution is 0.190. The van der Waals surface area contributed by atoms with Crippen molar-refractivity contribution >= 4 is 23.3 Å². The van der Waals surface area contributed by atoms with Gasteiger partial charge in [0.15, 0.2) is 0 Å². The second kappa shape index (κ2) is 5.72. The number of hydrogen-bond acceptors (Lipinski definition) is 2. The maximum atomic E-state index is 11.3. The van der Waals surface area contributed by atoms with Crippen molar-refractivity contribution in [3.8, 4) is 0 Å². The van der Waals surface area contributed by atoms with Gasteiger partial charge in [-0.05, 0) is 31.5 Å². The molecule has 1 aromatic rings. The van der Waals surface area contributed by atoms with E-state index in [1.54, 1.807) is 19.1 Å². The highest BCUT2D eigenvalue weighted by atomic mass is 35.5. The Morgan fingerprint density at radius 1 is 1.56 bits per heavy atom. The minimum Gasteiger partial charge on any atom is -0.392 e. The SMILES string of the molecule is Cc1ccc(NC(=O)NC[C@@H](C)O)cc1Cl. The normalized spacial score (nSPS) is 12.0. The van der Waals surface area contributed by atoms with E-state index in [2.05, 4.69) is 10.6 Å². The third-order valence-electron chi connectivity index (χ3n) is 1.99. The molecule has 0 saturated carbocycles. The Labute approximate surface area is 99.6 Å². The van der Waals surface area contributed by atoms with Gasteiger partial charge < -0.3 is 15.7 Å². The lowest BCUT2D eigenvalue weighted by Crippen LogP contribution is -2.34. The summed E-state index contributed by atoms with van der Waals surface area (Å²) >= 11 is 5.91. The first-order valence-corrected chi connectivity index (χ1v) is 5.36. The monoisotopic (exact) mass is 242 g/mol. The van der Waals surface area contributed by atoms with Crippen molar-refractivity contribution in [3.63, 3.8) is 0 Å². The lowest BCUT2D eigenvalue weighted by atomic mass is 10.2. The maximum Gasteiger partial charge on any atom is 0.319 e. The zero-order valence-electron chi connectivity index (χ0n) is 9.25. The Morgan fingerprint density at radius 2 is 2.25 bits per heavy atom. The van der Waals surface area contributed by atoms with Gasteiger partial charge in [0.2, 0.25) is 0 Å². The average molecular weight is 243 g/mol. The highest BCUT2D eigenvalue weighted by Crippen LogP contribution is 2.19. The second-order valence-corrected chi connectivity index (χ2v) is 4.06. The van der Waals surface area contributed by atoms with Gasteiger partial charge in [-0.3, -0.25) is 0 Å².